The first kappa shape index (κ1) is 11.8. The Balaban J connectivity index is 2.26. The van der Waals surface area contributed by atoms with Crippen LogP contribution in [0.4, 0.5) is 5.82 Å². The van der Waals surface area contributed by atoms with Crippen molar-refractivity contribution >= 4 is 11.7 Å². The molecule has 1 fully saturated rings. The van der Waals surface area contributed by atoms with Crippen molar-refractivity contribution in [2.45, 2.75) is 19.4 Å². The molecule has 1 unspecified atom stereocenters. The summed E-state index contributed by atoms with van der Waals surface area (Å²) in [5, 5.41) is 3.16. The van der Waals surface area contributed by atoms with Gasteiger partial charge in [0.1, 0.15) is 18.2 Å². The molecule has 1 amide bonds. The minimum atomic E-state index is -0.330. The number of nitrogens with two attached hydrogens (primary N) is 1. The molecule has 6 nitrogen and oxygen atoms in total. The summed E-state index contributed by atoms with van der Waals surface area (Å²) in [6, 6.07) is 1.59. The highest BCUT2D eigenvalue weighted by Crippen LogP contribution is 2.16. The zero-order chi connectivity index (χ0) is 12.3. The Morgan fingerprint density at radius 2 is 2.47 bits per heavy atom. The average molecular weight is 235 g/mol. The Morgan fingerprint density at radius 1 is 1.65 bits per heavy atom. The van der Waals surface area contributed by atoms with E-state index in [9.17, 15) is 4.79 Å². The smallest absolute Gasteiger partial charge is 0.241 e. The van der Waals surface area contributed by atoms with Crippen LogP contribution >= 0.6 is 0 Å². The van der Waals surface area contributed by atoms with Crippen molar-refractivity contribution in [3.63, 3.8) is 0 Å². The Hall–Kier alpha value is -1.69. The first-order chi connectivity index (χ1) is 8.22. The average Bonchev–Trinajstić information content (AvgIpc) is 2.39. The second kappa shape index (κ2) is 5.09. The molecule has 1 aliphatic heterocycles. The van der Waals surface area contributed by atoms with E-state index in [1.807, 2.05) is 17.9 Å². The van der Waals surface area contributed by atoms with Crippen molar-refractivity contribution < 1.29 is 4.79 Å². The van der Waals surface area contributed by atoms with Gasteiger partial charge in [-0.3, -0.25) is 4.79 Å². The Bertz CT molecular complexity index is 409. The van der Waals surface area contributed by atoms with Gasteiger partial charge in [-0.15, -0.1) is 0 Å². The van der Waals surface area contributed by atoms with Gasteiger partial charge in [-0.05, 0) is 6.42 Å². The summed E-state index contributed by atoms with van der Waals surface area (Å²) in [6.45, 7) is 4.17. The van der Waals surface area contributed by atoms with E-state index in [0.29, 0.717) is 6.54 Å². The molecule has 92 valence electrons. The number of piperazine rings is 1. The maximum Gasteiger partial charge on any atom is 0.241 e. The molecular formula is C11H17N5O. The minimum Gasteiger partial charge on any atom is -0.368 e. The van der Waals surface area contributed by atoms with E-state index in [-0.39, 0.29) is 11.9 Å². The molecular weight excluding hydrogens is 218 g/mol. The van der Waals surface area contributed by atoms with Gasteiger partial charge in [0.2, 0.25) is 5.91 Å². The summed E-state index contributed by atoms with van der Waals surface area (Å²) in [5.74, 6) is 0.455. The van der Waals surface area contributed by atoms with E-state index in [1.54, 1.807) is 0 Å². The second-order valence-electron chi connectivity index (χ2n) is 4.04. The lowest BCUT2D eigenvalue weighted by Crippen LogP contribution is -2.57. The van der Waals surface area contributed by atoms with Crippen molar-refractivity contribution in [3.8, 4) is 0 Å². The number of primary amides is 1. The van der Waals surface area contributed by atoms with E-state index in [1.165, 1.54) is 6.33 Å². The number of aryl methyl sites for hydroxylation is 1. The molecule has 17 heavy (non-hydrogen) atoms. The topological polar surface area (TPSA) is 84.1 Å². The van der Waals surface area contributed by atoms with E-state index in [4.69, 9.17) is 5.73 Å². The molecule has 1 aliphatic rings. The largest absolute Gasteiger partial charge is 0.368 e. The lowest BCUT2D eigenvalue weighted by atomic mass is 10.1. The Labute approximate surface area is 100 Å². The molecule has 1 saturated heterocycles. The Morgan fingerprint density at radius 3 is 3.18 bits per heavy atom. The van der Waals surface area contributed by atoms with Crippen LogP contribution in [0.15, 0.2) is 12.4 Å². The fraction of sp³-hybridized carbons (Fsp3) is 0.545. The molecule has 1 atom stereocenters. The second-order valence-corrected chi connectivity index (χ2v) is 4.04. The van der Waals surface area contributed by atoms with Gasteiger partial charge >= 0.3 is 0 Å². The highest BCUT2D eigenvalue weighted by Gasteiger charge is 2.27. The van der Waals surface area contributed by atoms with Crippen LogP contribution in [-0.4, -0.2) is 41.6 Å². The van der Waals surface area contributed by atoms with Gasteiger partial charge < -0.3 is 16.0 Å². The number of anilines is 1. The first-order valence-electron chi connectivity index (χ1n) is 5.80. The third kappa shape index (κ3) is 2.52. The number of hydrogen-bond donors (Lipinski definition) is 2. The summed E-state index contributed by atoms with van der Waals surface area (Å²) < 4.78 is 0. The highest BCUT2D eigenvalue weighted by atomic mass is 16.1. The lowest BCUT2D eigenvalue weighted by Gasteiger charge is -2.35. The van der Waals surface area contributed by atoms with Crippen molar-refractivity contribution in [2.75, 3.05) is 24.5 Å². The van der Waals surface area contributed by atoms with Gasteiger partial charge in [0, 0.05) is 31.4 Å². The van der Waals surface area contributed by atoms with E-state index >= 15 is 0 Å². The molecule has 0 radical (unpaired) electrons. The number of nitrogens with zero attached hydrogens (tertiary/aromatic N) is 3. The maximum atomic E-state index is 11.4. The molecule has 2 rings (SSSR count). The first-order valence-corrected chi connectivity index (χ1v) is 5.80. The van der Waals surface area contributed by atoms with Crippen LogP contribution in [0.25, 0.3) is 0 Å². The number of carbonyl (C=O) groups excluding carboxylic acids is 1. The number of nitrogens with one attached hydrogen (secondary N) is 1. The van der Waals surface area contributed by atoms with Gasteiger partial charge in [-0.25, -0.2) is 9.97 Å². The highest BCUT2D eigenvalue weighted by molar-refractivity contribution is 5.83. The lowest BCUT2D eigenvalue weighted by molar-refractivity contribution is -0.119. The summed E-state index contributed by atoms with van der Waals surface area (Å²) in [4.78, 5) is 21.7. The van der Waals surface area contributed by atoms with Crippen LogP contribution in [-0.2, 0) is 11.2 Å². The monoisotopic (exact) mass is 235 g/mol. The van der Waals surface area contributed by atoms with Crippen LogP contribution in [0.2, 0.25) is 0 Å². The number of rotatable bonds is 3. The van der Waals surface area contributed by atoms with Crippen LogP contribution in [0, 0.1) is 0 Å². The molecule has 1 aromatic heterocycles. The van der Waals surface area contributed by atoms with Crippen molar-refractivity contribution in [1.29, 1.82) is 0 Å². The van der Waals surface area contributed by atoms with Gasteiger partial charge in [-0.1, -0.05) is 6.92 Å². The van der Waals surface area contributed by atoms with Crippen LogP contribution in [0.5, 0.6) is 0 Å². The van der Waals surface area contributed by atoms with Crippen LogP contribution < -0.4 is 16.0 Å². The zero-order valence-electron chi connectivity index (χ0n) is 9.89. The third-order valence-electron chi connectivity index (χ3n) is 2.94. The van der Waals surface area contributed by atoms with E-state index in [0.717, 1.165) is 31.0 Å². The summed E-state index contributed by atoms with van der Waals surface area (Å²) in [6.07, 6.45) is 2.39. The number of amides is 1. The standard InChI is InChI=1S/C11H17N5O/c1-2-8-5-10(15-7-14-8)16-4-3-13-6-9(16)11(12)17/h5,7,9,13H,2-4,6H2,1H3,(H2,12,17). The quantitative estimate of drug-likeness (QED) is 0.724. The normalized spacial score (nSPS) is 20.3. The minimum absolute atomic E-state index is 0.325. The van der Waals surface area contributed by atoms with E-state index < -0.39 is 0 Å². The summed E-state index contributed by atoms with van der Waals surface area (Å²) in [5.41, 5.74) is 6.37. The van der Waals surface area contributed by atoms with Gasteiger partial charge in [0.15, 0.2) is 0 Å². The molecule has 2 heterocycles. The predicted molar refractivity (Wildman–Crippen MR) is 64.6 cm³/mol. The number of hydrogen-bond acceptors (Lipinski definition) is 5. The fourth-order valence-electron chi connectivity index (χ4n) is 1.97. The molecule has 0 bridgehead atoms. The molecule has 1 aromatic rings. The summed E-state index contributed by atoms with van der Waals surface area (Å²) >= 11 is 0. The molecule has 0 aliphatic carbocycles. The number of carbonyl (C=O) groups is 1. The maximum absolute atomic E-state index is 11.4. The fourth-order valence-corrected chi connectivity index (χ4v) is 1.97. The van der Waals surface area contributed by atoms with Crippen molar-refractivity contribution in [1.82, 2.24) is 15.3 Å². The van der Waals surface area contributed by atoms with Gasteiger partial charge in [0.25, 0.3) is 0 Å². The predicted octanol–water partition coefficient (Wildman–Crippen LogP) is -0.697. The molecule has 3 N–H and O–H groups in total. The van der Waals surface area contributed by atoms with Crippen molar-refractivity contribution in [3.05, 3.63) is 18.1 Å². The summed E-state index contributed by atoms with van der Waals surface area (Å²) in [7, 11) is 0. The number of aromatic nitrogens is 2. The zero-order valence-corrected chi connectivity index (χ0v) is 9.89. The van der Waals surface area contributed by atoms with Gasteiger partial charge in [-0.2, -0.15) is 0 Å². The molecule has 0 spiro atoms. The molecule has 0 saturated carbocycles. The van der Waals surface area contributed by atoms with Crippen LogP contribution in [0.3, 0.4) is 0 Å². The van der Waals surface area contributed by atoms with Gasteiger partial charge in [0.05, 0.1) is 0 Å². The van der Waals surface area contributed by atoms with Crippen molar-refractivity contribution in [2.24, 2.45) is 5.73 Å². The molecule has 6 heteroatoms. The molecule has 0 aromatic carbocycles. The SMILES string of the molecule is CCc1cc(N2CCNCC2C(N)=O)ncn1. The van der Waals surface area contributed by atoms with Crippen LogP contribution in [0.1, 0.15) is 12.6 Å². The Kier molecular flexibility index (Phi) is 3.53. The van der Waals surface area contributed by atoms with E-state index in [2.05, 4.69) is 15.3 Å². The third-order valence-corrected chi connectivity index (χ3v) is 2.94.